The first-order chi connectivity index (χ1) is 14.0. The number of methoxy groups -OCH3 is 1. The molecule has 0 bridgehead atoms. The summed E-state index contributed by atoms with van der Waals surface area (Å²) in [5.41, 5.74) is 0. The molecule has 0 aliphatic rings. The molecule has 30 heavy (non-hydrogen) atoms. The Bertz CT molecular complexity index is 386. The standard InChI is InChI=1S/C25H52O5/c1-18(2)11-21(7)28-16-24(26-10)14-27-15-25(30-23(9)13-20(5)6)17-29-22(8)12-19(3)4/h18-25H,11-17H2,1-10H3. The van der Waals surface area contributed by atoms with Crippen LogP contribution in [-0.4, -0.2) is 64.1 Å². The van der Waals surface area contributed by atoms with E-state index in [1.54, 1.807) is 7.11 Å². The van der Waals surface area contributed by atoms with Crippen molar-refractivity contribution in [1.29, 1.82) is 0 Å². The van der Waals surface area contributed by atoms with Crippen LogP contribution in [0.3, 0.4) is 0 Å². The molecule has 0 fully saturated rings. The van der Waals surface area contributed by atoms with Gasteiger partial charge in [0.2, 0.25) is 0 Å². The second-order valence-electron chi connectivity index (χ2n) is 10.1. The van der Waals surface area contributed by atoms with Gasteiger partial charge in [-0.15, -0.1) is 0 Å². The summed E-state index contributed by atoms with van der Waals surface area (Å²) in [5, 5.41) is 0. The Labute approximate surface area is 187 Å². The third-order valence-corrected chi connectivity index (χ3v) is 4.91. The highest BCUT2D eigenvalue weighted by Crippen LogP contribution is 2.14. The molecule has 5 heteroatoms. The van der Waals surface area contributed by atoms with Crippen LogP contribution in [-0.2, 0) is 23.7 Å². The highest BCUT2D eigenvalue weighted by molar-refractivity contribution is 4.65. The van der Waals surface area contributed by atoms with Gasteiger partial charge in [-0.2, -0.15) is 0 Å². The third-order valence-electron chi connectivity index (χ3n) is 4.91. The Balaban J connectivity index is 4.50. The van der Waals surface area contributed by atoms with Crippen LogP contribution >= 0.6 is 0 Å². The molecule has 5 atom stereocenters. The van der Waals surface area contributed by atoms with Gasteiger partial charge in [0.15, 0.2) is 0 Å². The summed E-state index contributed by atoms with van der Waals surface area (Å²) in [6, 6.07) is 0. The molecular weight excluding hydrogens is 380 g/mol. The molecule has 0 aromatic heterocycles. The van der Waals surface area contributed by atoms with Gasteiger partial charge in [-0.3, -0.25) is 0 Å². The molecule has 0 heterocycles. The first-order valence-corrected chi connectivity index (χ1v) is 12.0. The Morgan fingerprint density at radius 1 is 0.500 bits per heavy atom. The molecular formula is C25H52O5. The second kappa shape index (κ2) is 17.4. The van der Waals surface area contributed by atoms with Crippen molar-refractivity contribution in [2.24, 2.45) is 17.8 Å². The van der Waals surface area contributed by atoms with E-state index in [9.17, 15) is 0 Å². The van der Waals surface area contributed by atoms with E-state index < -0.39 is 0 Å². The fourth-order valence-corrected chi connectivity index (χ4v) is 3.70. The number of hydrogen-bond donors (Lipinski definition) is 0. The van der Waals surface area contributed by atoms with E-state index in [1.807, 2.05) is 0 Å². The van der Waals surface area contributed by atoms with Gasteiger partial charge in [0.25, 0.3) is 0 Å². The maximum Gasteiger partial charge on any atom is 0.104 e. The van der Waals surface area contributed by atoms with Crippen LogP contribution in [0, 0.1) is 17.8 Å². The molecule has 0 aliphatic carbocycles. The van der Waals surface area contributed by atoms with Crippen molar-refractivity contribution >= 4 is 0 Å². The average molecular weight is 433 g/mol. The third kappa shape index (κ3) is 17.5. The van der Waals surface area contributed by atoms with Gasteiger partial charge in [0.1, 0.15) is 12.2 Å². The summed E-state index contributed by atoms with van der Waals surface area (Å²) >= 11 is 0. The molecule has 0 aliphatic heterocycles. The van der Waals surface area contributed by atoms with Gasteiger partial charge in [0.05, 0.1) is 44.7 Å². The minimum absolute atomic E-state index is 0.0749. The van der Waals surface area contributed by atoms with Crippen molar-refractivity contribution in [1.82, 2.24) is 0 Å². The topological polar surface area (TPSA) is 46.2 Å². The zero-order chi connectivity index (χ0) is 23.1. The van der Waals surface area contributed by atoms with Gasteiger partial charge in [-0.1, -0.05) is 41.5 Å². The molecule has 182 valence electrons. The smallest absolute Gasteiger partial charge is 0.104 e. The quantitative estimate of drug-likeness (QED) is 0.260. The summed E-state index contributed by atoms with van der Waals surface area (Å²) in [6.07, 6.45) is 3.60. The van der Waals surface area contributed by atoms with Gasteiger partial charge in [0, 0.05) is 7.11 Å². The van der Waals surface area contributed by atoms with E-state index in [2.05, 4.69) is 62.3 Å². The summed E-state index contributed by atoms with van der Waals surface area (Å²) in [7, 11) is 1.71. The number of rotatable bonds is 19. The van der Waals surface area contributed by atoms with E-state index in [0.29, 0.717) is 44.2 Å². The van der Waals surface area contributed by atoms with Crippen molar-refractivity contribution in [2.75, 3.05) is 33.5 Å². The van der Waals surface area contributed by atoms with Crippen molar-refractivity contribution in [3.05, 3.63) is 0 Å². The van der Waals surface area contributed by atoms with Gasteiger partial charge in [-0.25, -0.2) is 0 Å². The Hall–Kier alpha value is -0.200. The highest BCUT2D eigenvalue weighted by Gasteiger charge is 2.19. The minimum Gasteiger partial charge on any atom is -0.377 e. The second-order valence-corrected chi connectivity index (χ2v) is 10.1. The summed E-state index contributed by atoms with van der Waals surface area (Å²) in [4.78, 5) is 0. The van der Waals surface area contributed by atoms with Crippen molar-refractivity contribution in [3.8, 4) is 0 Å². The van der Waals surface area contributed by atoms with Gasteiger partial charge < -0.3 is 23.7 Å². The zero-order valence-electron chi connectivity index (χ0n) is 21.6. The van der Waals surface area contributed by atoms with Crippen LogP contribution in [0.1, 0.15) is 81.6 Å². The molecule has 5 unspecified atom stereocenters. The van der Waals surface area contributed by atoms with Crippen LogP contribution in [0.25, 0.3) is 0 Å². The molecule has 0 spiro atoms. The highest BCUT2D eigenvalue weighted by atomic mass is 16.6. The van der Waals surface area contributed by atoms with E-state index in [1.165, 1.54) is 0 Å². The van der Waals surface area contributed by atoms with Crippen molar-refractivity contribution in [3.63, 3.8) is 0 Å². The summed E-state index contributed by atoms with van der Waals surface area (Å²) < 4.78 is 29.8. The lowest BCUT2D eigenvalue weighted by Crippen LogP contribution is -2.34. The first kappa shape index (κ1) is 29.8. The van der Waals surface area contributed by atoms with Crippen LogP contribution in [0.5, 0.6) is 0 Å². The van der Waals surface area contributed by atoms with Crippen LogP contribution in [0.15, 0.2) is 0 Å². The Morgan fingerprint density at radius 3 is 1.33 bits per heavy atom. The molecule has 0 radical (unpaired) electrons. The molecule has 5 nitrogen and oxygen atoms in total. The molecule has 0 amide bonds. The van der Waals surface area contributed by atoms with Crippen molar-refractivity contribution < 1.29 is 23.7 Å². The molecule has 0 saturated carbocycles. The lowest BCUT2D eigenvalue weighted by Gasteiger charge is -2.26. The fraction of sp³-hybridized carbons (Fsp3) is 1.00. The van der Waals surface area contributed by atoms with Gasteiger partial charge in [-0.05, 0) is 57.8 Å². The van der Waals surface area contributed by atoms with Crippen LogP contribution in [0.2, 0.25) is 0 Å². The predicted octanol–water partition coefficient (Wildman–Crippen LogP) is 5.74. The fourth-order valence-electron chi connectivity index (χ4n) is 3.70. The van der Waals surface area contributed by atoms with E-state index in [4.69, 9.17) is 23.7 Å². The molecule has 0 N–H and O–H groups in total. The van der Waals surface area contributed by atoms with Crippen LogP contribution < -0.4 is 0 Å². The van der Waals surface area contributed by atoms with E-state index in [-0.39, 0.29) is 30.5 Å². The summed E-state index contributed by atoms with van der Waals surface area (Å²) in [6.45, 7) is 21.8. The molecule has 0 saturated heterocycles. The largest absolute Gasteiger partial charge is 0.377 e. The molecule has 0 rings (SSSR count). The van der Waals surface area contributed by atoms with Gasteiger partial charge >= 0.3 is 0 Å². The SMILES string of the molecule is COC(COCC(COC(C)CC(C)C)OC(C)CC(C)C)COC(C)CC(C)C. The monoisotopic (exact) mass is 432 g/mol. The van der Waals surface area contributed by atoms with Crippen LogP contribution in [0.4, 0.5) is 0 Å². The van der Waals surface area contributed by atoms with Crippen molar-refractivity contribution in [2.45, 2.75) is 112 Å². The number of ether oxygens (including phenoxy) is 5. The Kier molecular flexibility index (Phi) is 17.3. The normalized spacial score (nSPS) is 17.5. The first-order valence-electron chi connectivity index (χ1n) is 12.0. The number of hydrogen-bond acceptors (Lipinski definition) is 5. The van der Waals surface area contributed by atoms with E-state index in [0.717, 1.165) is 19.3 Å². The summed E-state index contributed by atoms with van der Waals surface area (Å²) in [5.74, 6) is 1.85. The zero-order valence-corrected chi connectivity index (χ0v) is 21.6. The minimum atomic E-state index is -0.0772. The molecule has 0 aromatic carbocycles. The lowest BCUT2D eigenvalue weighted by atomic mass is 10.1. The molecule has 0 aromatic rings. The lowest BCUT2D eigenvalue weighted by molar-refractivity contribution is -0.118. The average Bonchev–Trinajstić information content (AvgIpc) is 2.60. The van der Waals surface area contributed by atoms with E-state index >= 15 is 0 Å². The maximum atomic E-state index is 6.25. The Morgan fingerprint density at radius 2 is 0.900 bits per heavy atom. The maximum absolute atomic E-state index is 6.25. The predicted molar refractivity (Wildman–Crippen MR) is 125 cm³/mol.